The van der Waals surface area contributed by atoms with Gasteiger partial charge in [0.2, 0.25) is 0 Å². The third kappa shape index (κ3) is 2.67. The molecular formula is C15H19NO3. The molecule has 1 N–H and O–H groups in total. The Morgan fingerprint density at radius 2 is 2.11 bits per heavy atom. The molecule has 0 aromatic heterocycles. The Labute approximate surface area is 113 Å². The number of esters is 1. The average molecular weight is 261 g/mol. The van der Waals surface area contributed by atoms with Crippen LogP contribution in [0.3, 0.4) is 0 Å². The number of benzene rings is 1. The molecule has 0 atom stereocenters. The highest BCUT2D eigenvalue weighted by atomic mass is 16.5. The molecule has 0 unspecified atom stereocenters. The quantitative estimate of drug-likeness (QED) is 0.831. The number of hydrogen-bond donors (Lipinski definition) is 1. The van der Waals surface area contributed by atoms with Crippen molar-refractivity contribution in [3.63, 3.8) is 0 Å². The summed E-state index contributed by atoms with van der Waals surface area (Å²) in [7, 11) is 0. The van der Waals surface area contributed by atoms with Crippen LogP contribution in [0.25, 0.3) is 0 Å². The second kappa shape index (κ2) is 5.51. The number of fused-ring (bicyclic) bond motifs is 1. The molecule has 0 bridgehead atoms. The lowest BCUT2D eigenvalue weighted by atomic mass is 9.98. The first-order valence-electron chi connectivity index (χ1n) is 7.05. The van der Waals surface area contributed by atoms with Gasteiger partial charge in [-0.15, -0.1) is 0 Å². The van der Waals surface area contributed by atoms with Crippen LogP contribution in [0, 0.1) is 0 Å². The van der Waals surface area contributed by atoms with E-state index >= 15 is 0 Å². The van der Waals surface area contributed by atoms with E-state index in [1.165, 1.54) is 6.42 Å². The van der Waals surface area contributed by atoms with Crippen molar-refractivity contribution < 1.29 is 14.3 Å². The Morgan fingerprint density at radius 3 is 2.95 bits per heavy atom. The molecule has 19 heavy (non-hydrogen) atoms. The maximum Gasteiger partial charge on any atom is 0.342 e. The third-order valence-corrected chi connectivity index (χ3v) is 3.72. The van der Waals surface area contributed by atoms with E-state index < -0.39 is 0 Å². The van der Waals surface area contributed by atoms with Gasteiger partial charge in [-0.1, -0.05) is 12.5 Å². The molecule has 0 radical (unpaired) electrons. The summed E-state index contributed by atoms with van der Waals surface area (Å²) in [6.45, 7) is 1.36. The Bertz CT molecular complexity index is 466. The summed E-state index contributed by atoms with van der Waals surface area (Å²) >= 11 is 0. The highest BCUT2D eigenvalue weighted by Gasteiger charge is 2.23. The van der Waals surface area contributed by atoms with Crippen LogP contribution in [0.5, 0.6) is 5.75 Å². The molecule has 0 spiro atoms. The van der Waals surface area contributed by atoms with Crippen LogP contribution in [-0.2, 0) is 4.74 Å². The molecule has 102 valence electrons. The fraction of sp³-hybridized carbons (Fsp3) is 0.533. The van der Waals surface area contributed by atoms with Gasteiger partial charge in [0.15, 0.2) is 5.75 Å². The van der Waals surface area contributed by atoms with Crippen molar-refractivity contribution in [1.82, 2.24) is 0 Å². The van der Waals surface area contributed by atoms with Crippen LogP contribution < -0.4 is 10.1 Å². The van der Waals surface area contributed by atoms with Gasteiger partial charge in [-0.2, -0.15) is 0 Å². The Balaban J connectivity index is 1.75. The molecule has 1 aliphatic carbocycles. The first-order chi connectivity index (χ1) is 9.34. The Hall–Kier alpha value is -1.71. The van der Waals surface area contributed by atoms with Crippen molar-refractivity contribution in [2.24, 2.45) is 0 Å². The monoisotopic (exact) mass is 261 g/mol. The molecule has 2 aliphatic rings. The molecule has 1 saturated carbocycles. The smallest absolute Gasteiger partial charge is 0.342 e. The van der Waals surface area contributed by atoms with Gasteiger partial charge in [-0.25, -0.2) is 4.79 Å². The largest absolute Gasteiger partial charge is 0.489 e. The molecule has 4 nitrogen and oxygen atoms in total. The van der Waals surface area contributed by atoms with Gasteiger partial charge in [-0.3, -0.25) is 0 Å². The molecular weight excluding hydrogens is 242 g/mol. The van der Waals surface area contributed by atoms with Crippen LogP contribution in [0.4, 0.5) is 5.69 Å². The van der Waals surface area contributed by atoms with Crippen molar-refractivity contribution in [3.8, 4) is 5.75 Å². The highest BCUT2D eigenvalue weighted by Crippen LogP contribution is 2.32. The van der Waals surface area contributed by atoms with Crippen molar-refractivity contribution in [1.29, 1.82) is 0 Å². The van der Waals surface area contributed by atoms with Gasteiger partial charge < -0.3 is 14.8 Å². The van der Waals surface area contributed by atoms with Crippen LogP contribution in [0.1, 0.15) is 42.5 Å². The highest BCUT2D eigenvalue weighted by molar-refractivity contribution is 5.95. The lowest BCUT2D eigenvalue weighted by Crippen LogP contribution is -2.23. The van der Waals surface area contributed by atoms with Crippen LogP contribution in [0.2, 0.25) is 0 Å². The lowest BCUT2D eigenvalue weighted by molar-refractivity contribution is 0.0207. The molecule has 3 rings (SSSR count). The molecule has 1 aromatic carbocycles. The van der Waals surface area contributed by atoms with Gasteiger partial charge >= 0.3 is 5.97 Å². The maximum absolute atomic E-state index is 12.3. The number of carbonyl (C=O) groups is 1. The fourth-order valence-electron chi connectivity index (χ4n) is 2.73. The number of anilines is 1. The molecule has 1 heterocycles. The van der Waals surface area contributed by atoms with E-state index in [9.17, 15) is 4.79 Å². The van der Waals surface area contributed by atoms with Gasteiger partial charge in [0.05, 0.1) is 5.69 Å². The van der Waals surface area contributed by atoms with Crippen LogP contribution >= 0.6 is 0 Å². The predicted octanol–water partition coefficient (Wildman–Crippen LogP) is 2.98. The normalized spacial score (nSPS) is 18.9. The number of para-hydroxylation sites is 1. The van der Waals surface area contributed by atoms with E-state index in [1.54, 1.807) is 6.07 Å². The van der Waals surface area contributed by atoms with Crippen molar-refractivity contribution in [2.45, 2.75) is 38.2 Å². The zero-order valence-electron chi connectivity index (χ0n) is 11.0. The van der Waals surface area contributed by atoms with Crippen molar-refractivity contribution >= 4 is 11.7 Å². The molecule has 1 aromatic rings. The molecule has 1 aliphatic heterocycles. The van der Waals surface area contributed by atoms with Crippen LogP contribution in [-0.4, -0.2) is 25.2 Å². The van der Waals surface area contributed by atoms with E-state index in [4.69, 9.17) is 9.47 Å². The average Bonchev–Trinajstić information content (AvgIpc) is 2.47. The second-order valence-electron chi connectivity index (χ2n) is 5.12. The number of carbonyl (C=O) groups excluding carboxylic acids is 1. The number of rotatable bonds is 2. The zero-order valence-corrected chi connectivity index (χ0v) is 11.0. The predicted molar refractivity (Wildman–Crippen MR) is 72.7 cm³/mol. The van der Waals surface area contributed by atoms with Crippen molar-refractivity contribution in [2.75, 3.05) is 18.5 Å². The summed E-state index contributed by atoms with van der Waals surface area (Å²) in [5.41, 5.74) is 1.42. The topological polar surface area (TPSA) is 47.6 Å². The molecule has 1 fully saturated rings. The first kappa shape index (κ1) is 12.3. The summed E-state index contributed by atoms with van der Waals surface area (Å²) in [5.74, 6) is 0.377. The van der Waals surface area contributed by atoms with E-state index in [1.807, 2.05) is 12.1 Å². The van der Waals surface area contributed by atoms with E-state index in [0.29, 0.717) is 17.9 Å². The van der Waals surface area contributed by atoms with E-state index in [0.717, 1.165) is 37.9 Å². The number of hydrogen-bond acceptors (Lipinski definition) is 4. The summed E-state index contributed by atoms with van der Waals surface area (Å²) in [5, 5.41) is 3.23. The Kier molecular flexibility index (Phi) is 3.58. The van der Waals surface area contributed by atoms with Crippen molar-refractivity contribution in [3.05, 3.63) is 23.8 Å². The minimum absolute atomic E-state index is 0.0775. The van der Waals surface area contributed by atoms with Gasteiger partial charge in [-0.05, 0) is 37.8 Å². The standard InChI is InChI=1S/C15H19NO3/c17-15(19-11-5-2-1-3-6-11)12-7-4-8-13-14(12)18-10-9-16-13/h4,7-8,11,16H,1-3,5-6,9-10H2. The first-order valence-corrected chi connectivity index (χ1v) is 7.05. The summed E-state index contributed by atoms with van der Waals surface area (Å²) < 4.78 is 11.2. The number of nitrogens with one attached hydrogen (secondary N) is 1. The van der Waals surface area contributed by atoms with Gasteiger partial charge in [0.1, 0.15) is 18.3 Å². The molecule has 0 amide bonds. The molecule has 0 saturated heterocycles. The third-order valence-electron chi connectivity index (χ3n) is 3.72. The molecule has 4 heteroatoms. The van der Waals surface area contributed by atoms with Gasteiger partial charge in [0, 0.05) is 6.54 Å². The fourth-order valence-corrected chi connectivity index (χ4v) is 2.73. The minimum atomic E-state index is -0.257. The second-order valence-corrected chi connectivity index (χ2v) is 5.12. The summed E-state index contributed by atoms with van der Waals surface area (Å²) in [4.78, 5) is 12.3. The Morgan fingerprint density at radius 1 is 1.26 bits per heavy atom. The minimum Gasteiger partial charge on any atom is -0.489 e. The van der Waals surface area contributed by atoms with E-state index in [2.05, 4.69) is 5.32 Å². The maximum atomic E-state index is 12.3. The summed E-state index contributed by atoms with van der Waals surface area (Å²) in [6, 6.07) is 5.56. The van der Waals surface area contributed by atoms with Crippen LogP contribution in [0.15, 0.2) is 18.2 Å². The summed E-state index contributed by atoms with van der Waals surface area (Å²) in [6.07, 6.45) is 5.61. The SMILES string of the molecule is O=C(OC1CCCCC1)c1cccc2c1OCCN2. The number of ether oxygens (including phenoxy) is 2. The van der Waals surface area contributed by atoms with Gasteiger partial charge in [0.25, 0.3) is 0 Å². The lowest BCUT2D eigenvalue weighted by Gasteiger charge is -2.24. The van der Waals surface area contributed by atoms with E-state index in [-0.39, 0.29) is 12.1 Å². The zero-order chi connectivity index (χ0) is 13.1.